The van der Waals surface area contributed by atoms with Crippen LogP contribution in [0.3, 0.4) is 0 Å². The highest BCUT2D eigenvalue weighted by Gasteiger charge is 1.98. The standard InChI is InChI=1S/C10H8BrNO3/c11-7-2-1-3-8(6-7)12-9(13)4-5-10(14)15/h1-6H,(H,12,13)(H,14,15)/b5-4-. The van der Waals surface area contributed by atoms with Gasteiger partial charge in [0.15, 0.2) is 0 Å². The Labute approximate surface area is 94.7 Å². The smallest absolute Gasteiger partial charge is 0.328 e. The van der Waals surface area contributed by atoms with Crippen molar-refractivity contribution in [1.29, 1.82) is 0 Å². The van der Waals surface area contributed by atoms with E-state index in [2.05, 4.69) is 21.2 Å². The number of nitrogens with one attached hydrogen (secondary N) is 1. The molecule has 0 radical (unpaired) electrons. The Hall–Kier alpha value is -1.62. The molecule has 0 aliphatic rings. The third-order valence-corrected chi connectivity index (χ3v) is 1.96. The average Bonchev–Trinajstić information content (AvgIpc) is 2.15. The van der Waals surface area contributed by atoms with Crippen LogP contribution in [0.5, 0.6) is 0 Å². The highest BCUT2D eigenvalue weighted by Crippen LogP contribution is 2.15. The molecule has 0 bridgehead atoms. The van der Waals surface area contributed by atoms with E-state index < -0.39 is 11.9 Å². The highest BCUT2D eigenvalue weighted by atomic mass is 79.9. The lowest BCUT2D eigenvalue weighted by molar-refractivity contribution is -0.131. The summed E-state index contributed by atoms with van der Waals surface area (Å²) in [5.74, 6) is -1.63. The SMILES string of the molecule is O=C(O)/C=C\C(=O)Nc1cccc(Br)c1. The second kappa shape index (κ2) is 5.31. The van der Waals surface area contributed by atoms with E-state index in [9.17, 15) is 9.59 Å². The van der Waals surface area contributed by atoms with E-state index in [-0.39, 0.29) is 0 Å². The normalized spacial score (nSPS) is 10.2. The summed E-state index contributed by atoms with van der Waals surface area (Å²) in [4.78, 5) is 21.3. The minimum atomic E-state index is -1.15. The van der Waals surface area contributed by atoms with Crippen molar-refractivity contribution in [3.63, 3.8) is 0 Å². The molecule has 2 N–H and O–H groups in total. The van der Waals surface area contributed by atoms with Crippen LogP contribution < -0.4 is 5.32 Å². The number of carboxylic acid groups (broad SMARTS) is 1. The van der Waals surface area contributed by atoms with Crippen molar-refractivity contribution in [2.24, 2.45) is 0 Å². The molecule has 0 saturated carbocycles. The lowest BCUT2D eigenvalue weighted by Crippen LogP contribution is -2.08. The first-order valence-corrected chi connectivity index (χ1v) is 4.85. The van der Waals surface area contributed by atoms with Crippen LogP contribution in [-0.4, -0.2) is 17.0 Å². The summed E-state index contributed by atoms with van der Waals surface area (Å²) in [6.07, 6.45) is 1.75. The minimum absolute atomic E-state index is 0.476. The molecule has 0 aromatic heterocycles. The summed E-state index contributed by atoms with van der Waals surface area (Å²) in [6, 6.07) is 7.01. The van der Waals surface area contributed by atoms with Gasteiger partial charge in [-0.05, 0) is 18.2 Å². The van der Waals surface area contributed by atoms with Gasteiger partial charge in [0.2, 0.25) is 5.91 Å². The molecule has 5 heteroatoms. The Morgan fingerprint density at radius 1 is 1.33 bits per heavy atom. The summed E-state index contributed by atoms with van der Waals surface area (Å²) in [6.45, 7) is 0. The van der Waals surface area contributed by atoms with Crippen molar-refractivity contribution in [3.05, 3.63) is 40.9 Å². The maximum absolute atomic E-state index is 11.2. The number of carboxylic acids is 1. The predicted octanol–water partition coefficient (Wildman–Crippen LogP) is 2.03. The number of aliphatic carboxylic acids is 1. The van der Waals surface area contributed by atoms with Gasteiger partial charge in [-0.1, -0.05) is 22.0 Å². The number of benzene rings is 1. The zero-order valence-electron chi connectivity index (χ0n) is 7.61. The van der Waals surface area contributed by atoms with E-state index in [1.807, 2.05) is 6.07 Å². The largest absolute Gasteiger partial charge is 0.478 e. The van der Waals surface area contributed by atoms with Crippen molar-refractivity contribution in [2.75, 3.05) is 5.32 Å². The number of halogens is 1. The van der Waals surface area contributed by atoms with E-state index in [0.717, 1.165) is 16.6 Å². The molecule has 1 aromatic rings. The van der Waals surface area contributed by atoms with Gasteiger partial charge < -0.3 is 10.4 Å². The second-order valence-electron chi connectivity index (χ2n) is 2.67. The molecular weight excluding hydrogens is 262 g/mol. The fraction of sp³-hybridized carbons (Fsp3) is 0. The number of anilines is 1. The molecule has 1 aromatic carbocycles. The first kappa shape index (κ1) is 11.5. The summed E-state index contributed by atoms with van der Waals surface area (Å²) >= 11 is 3.25. The summed E-state index contributed by atoms with van der Waals surface area (Å²) in [5, 5.41) is 10.8. The fourth-order valence-electron chi connectivity index (χ4n) is 0.897. The second-order valence-corrected chi connectivity index (χ2v) is 3.59. The van der Waals surface area contributed by atoms with Crippen LogP contribution in [0.25, 0.3) is 0 Å². The number of hydrogen-bond acceptors (Lipinski definition) is 2. The van der Waals surface area contributed by atoms with Crippen LogP contribution in [0.1, 0.15) is 0 Å². The van der Waals surface area contributed by atoms with E-state index in [0.29, 0.717) is 5.69 Å². The number of carbonyl (C=O) groups excluding carboxylic acids is 1. The Kier molecular flexibility index (Phi) is 4.05. The molecular formula is C10H8BrNO3. The molecule has 0 aliphatic heterocycles. The van der Waals surface area contributed by atoms with Crippen LogP contribution in [0.2, 0.25) is 0 Å². The van der Waals surface area contributed by atoms with Gasteiger partial charge >= 0.3 is 5.97 Å². The average molecular weight is 270 g/mol. The molecule has 0 heterocycles. The maximum atomic E-state index is 11.2. The van der Waals surface area contributed by atoms with Crippen molar-refractivity contribution >= 4 is 33.5 Å². The van der Waals surface area contributed by atoms with Gasteiger partial charge in [0.1, 0.15) is 0 Å². The van der Waals surface area contributed by atoms with E-state index in [1.165, 1.54) is 0 Å². The van der Waals surface area contributed by atoms with Gasteiger partial charge in [-0.3, -0.25) is 4.79 Å². The lowest BCUT2D eigenvalue weighted by atomic mass is 10.3. The van der Waals surface area contributed by atoms with Crippen molar-refractivity contribution in [2.45, 2.75) is 0 Å². The molecule has 1 amide bonds. The third kappa shape index (κ3) is 4.42. The monoisotopic (exact) mass is 269 g/mol. The molecule has 0 fully saturated rings. The molecule has 1 rings (SSSR count). The van der Waals surface area contributed by atoms with Crippen LogP contribution in [0, 0.1) is 0 Å². The van der Waals surface area contributed by atoms with Crippen LogP contribution in [0.15, 0.2) is 40.9 Å². The van der Waals surface area contributed by atoms with Crippen molar-refractivity contribution in [1.82, 2.24) is 0 Å². The summed E-state index contributed by atoms with van der Waals surface area (Å²) < 4.78 is 0.836. The molecule has 4 nitrogen and oxygen atoms in total. The lowest BCUT2D eigenvalue weighted by Gasteiger charge is -2.01. The van der Waals surface area contributed by atoms with Gasteiger partial charge in [0, 0.05) is 22.3 Å². The minimum Gasteiger partial charge on any atom is -0.478 e. The number of rotatable bonds is 3. The van der Waals surface area contributed by atoms with Gasteiger partial charge in [0.05, 0.1) is 0 Å². The van der Waals surface area contributed by atoms with E-state index in [1.54, 1.807) is 18.2 Å². The third-order valence-electron chi connectivity index (χ3n) is 1.47. The predicted molar refractivity (Wildman–Crippen MR) is 59.5 cm³/mol. The molecule has 0 atom stereocenters. The molecule has 0 aliphatic carbocycles. The molecule has 0 saturated heterocycles. The summed E-state index contributed by atoms with van der Waals surface area (Å²) in [5.41, 5.74) is 0.601. The maximum Gasteiger partial charge on any atom is 0.328 e. The quantitative estimate of drug-likeness (QED) is 0.826. The number of hydrogen-bond donors (Lipinski definition) is 2. The van der Waals surface area contributed by atoms with Crippen molar-refractivity contribution < 1.29 is 14.7 Å². The Bertz CT molecular complexity index is 415. The van der Waals surface area contributed by atoms with E-state index >= 15 is 0 Å². The molecule has 15 heavy (non-hydrogen) atoms. The number of carbonyl (C=O) groups is 2. The zero-order chi connectivity index (χ0) is 11.3. The molecule has 78 valence electrons. The Balaban J connectivity index is 2.63. The molecule has 0 spiro atoms. The van der Waals surface area contributed by atoms with Crippen LogP contribution >= 0.6 is 15.9 Å². The fourth-order valence-corrected chi connectivity index (χ4v) is 1.30. The summed E-state index contributed by atoms with van der Waals surface area (Å²) in [7, 11) is 0. The van der Waals surface area contributed by atoms with Gasteiger partial charge in [-0.25, -0.2) is 4.79 Å². The van der Waals surface area contributed by atoms with Gasteiger partial charge in [0.25, 0.3) is 0 Å². The highest BCUT2D eigenvalue weighted by molar-refractivity contribution is 9.10. The zero-order valence-corrected chi connectivity index (χ0v) is 9.19. The first-order chi connectivity index (χ1) is 7.08. The van der Waals surface area contributed by atoms with Crippen molar-refractivity contribution in [3.8, 4) is 0 Å². The topological polar surface area (TPSA) is 66.4 Å². The van der Waals surface area contributed by atoms with Gasteiger partial charge in [-0.2, -0.15) is 0 Å². The Morgan fingerprint density at radius 3 is 2.67 bits per heavy atom. The molecule has 0 unspecified atom stereocenters. The first-order valence-electron chi connectivity index (χ1n) is 4.05. The van der Waals surface area contributed by atoms with Crippen LogP contribution in [0.4, 0.5) is 5.69 Å². The van der Waals surface area contributed by atoms with E-state index in [4.69, 9.17) is 5.11 Å². The Morgan fingerprint density at radius 2 is 2.07 bits per heavy atom. The number of amides is 1. The van der Waals surface area contributed by atoms with Crippen LogP contribution in [-0.2, 0) is 9.59 Å². The van der Waals surface area contributed by atoms with Gasteiger partial charge in [-0.15, -0.1) is 0 Å².